The first-order chi connectivity index (χ1) is 17.4. The van der Waals surface area contributed by atoms with Crippen LogP contribution in [0, 0.1) is 23.2 Å². The largest absolute Gasteiger partial charge is 0.341 e. The van der Waals surface area contributed by atoms with E-state index in [-0.39, 0.29) is 19.1 Å². The van der Waals surface area contributed by atoms with Gasteiger partial charge in [0.05, 0.1) is 24.2 Å². The molecule has 0 bridgehead atoms. The Labute approximate surface area is 207 Å². The highest BCUT2D eigenvalue weighted by atomic mass is 16.2. The molecule has 4 aromatic rings. The first-order valence-electron chi connectivity index (χ1n) is 11.8. The standard InChI is InChI=1S/C26H26N8O2/c1-3-4-13-33-22-23(30-25(33)32-12-6-8-19(28)16-32)31(2)26(36)34(24(22)35)15-18-10-9-17-7-5-11-29-21(17)20(18)14-27/h5,7,9-11,19H,6,8,12-13,15-16,28H2,1-2H3. The summed E-state index contributed by atoms with van der Waals surface area (Å²) < 4.78 is 4.30. The summed E-state index contributed by atoms with van der Waals surface area (Å²) in [5.74, 6) is 6.49. The molecule has 1 saturated heterocycles. The summed E-state index contributed by atoms with van der Waals surface area (Å²) in [6, 6.07) is 9.47. The van der Waals surface area contributed by atoms with Crippen molar-refractivity contribution < 1.29 is 0 Å². The summed E-state index contributed by atoms with van der Waals surface area (Å²) in [6.45, 7) is 3.30. The fourth-order valence-corrected chi connectivity index (χ4v) is 4.85. The van der Waals surface area contributed by atoms with Gasteiger partial charge in [-0.05, 0) is 31.4 Å². The molecule has 1 atom stereocenters. The number of hydrogen-bond donors (Lipinski definition) is 1. The average Bonchev–Trinajstić information content (AvgIpc) is 3.28. The van der Waals surface area contributed by atoms with E-state index >= 15 is 0 Å². The maximum absolute atomic E-state index is 13.8. The van der Waals surface area contributed by atoms with E-state index in [1.54, 1.807) is 36.9 Å². The minimum Gasteiger partial charge on any atom is -0.341 e. The zero-order valence-corrected chi connectivity index (χ0v) is 20.2. The molecule has 10 heteroatoms. The molecule has 36 heavy (non-hydrogen) atoms. The zero-order valence-electron chi connectivity index (χ0n) is 20.2. The van der Waals surface area contributed by atoms with Crippen LogP contribution in [-0.4, -0.2) is 42.8 Å². The fraction of sp³-hybridized carbons (Fsp3) is 0.346. The van der Waals surface area contributed by atoms with Crippen molar-refractivity contribution in [1.29, 1.82) is 5.26 Å². The van der Waals surface area contributed by atoms with Crippen LogP contribution in [-0.2, 0) is 20.1 Å². The van der Waals surface area contributed by atoms with Crippen LogP contribution < -0.4 is 21.9 Å². The summed E-state index contributed by atoms with van der Waals surface area (Å²) in [4.78, 5) is 38.3. The molecule has 0 amide bonds. The van der Waals surface area contributed by atoms with Gasteiger partial charge in [0.15, 0.2) is 11.2 Å². The van der Waals surface area contributed by atoms with E-state index in [2.05, 4.69) is 27.8 Å². The highest BCUT2D eigenvalue weighted by Gasteiger charge is 2.26. The molecule has 0 aliphatic carbocycles. The topological polar surface area (TPSA) is 128 Å². The lowest BCUT2D eigenvalue weighted by atomic mass is 10.0. The van der Waals surface area contributed by atoms with Gasteiger partial charge < -0.3 is 10.6 Å². The van der Waals surface area contributed by atoms with Crippen LogP contribution in [0.5, 0.6) is 0 Å². The summed E-state index contributed by atoms with van der Waals surface area (Å²) in [5, 5.41) is 10.7. The van der Waals surface area contributed by atoms with Gasteiger partial charge in [-0.1, -0.05) is 24.1 Å². The minimum absolute atomic E-state index is 0.00987. The van der Waals surface area contributed by atoms with Crippen LogP contribution >= 0.6 is 0 Å². The third-order valence-corrected chi connectivity index (χ3v) is 6.67. The van der Waals surface area contributed by atoms with Gasteiger partial charge in [0.25, 0.3) is 5.56 Å². The van der Waals surface area contributed by atoms with Crippen molar-refractivity contribution in [3.8, 4) is 17.9 Å². The van der Waals surface area contributed by atoms with Gasteiger partial charge in [-0.3, -0.25) is 23.5 Å². The molecule has 1 fully saturated rings. The Morgan fingerprint density at radius 3 is 2.81 bits per heavy atom. The van der Waals surface area contributed by atoms with Crippen molar-refractivity contribution in [1.82, 2.24) is 23.7 Å². The van der Waals surface area contributed by atoms with E-state index in [0.717, 1.165) is 29.3 Å². The molecule has 1 aromatic carbocycles. The van der Waals surface area contributed by atoms with Crippen molar-refractivity contribution >= 4 is 28.0 Å². The molecule has 4 heterocycles. The number of nitrogens with zero attached hydrogens (tertiary/aromatic N) is 7. The Balaban J connectivity index is 1.72. The molecule has 3 aromatic heterocycles. The van der Waals surface area contributed by atoms with Gasteiger partial charge in [-0.15, -0.1) is 5.92 Å². The fourth-order valence-electron chi connectivity index (χ4n) is 4.85. The third-order valence-electron chi connectivity index (χ3n) is 6.67. The predicted octanol–water partition coefficient (Wildman–Crippen LogP) is 1.32. The molecule has 1 unspecified atom stereocenters. The molecule has 5 rings (SSSR count). The second-order valence-corrected chi connectivity index (χ2v) is 8.96. The number of fused-ring (bicyclic) bond motifs is 2. The number of nitrogens with two attached hydrogens (primary N) is 1. The van der Waals surface area contributed by atoms with E-state index in [1.807, 2.05) is 12.1 Å². The van der Waals surface area contributed by atoms with Crippen molar-refractivity contribution in [2.24, 2.45) is 12.8 Å². The molecule has 1 aliphatic heterocycles. The lowest BCUT2D eigenvalue weighted by Crippen LogP contribution is -2.44. The highest BCUT2D eigenvalue weighted by molar-refractivity contribution is 5.85. The summed E-state index contributed by atoms with van der Waals surface area (Å²) in [7, 11) is 1.60. The van der Waals surface area contributed by atoms with Crippen molar-refractivity contribution in [2.45, 2.75) is 38.9 Å². The van der Waals surface area contributed by atoms with Gasteiger partial charge in [0, 0.05) is 37.8 Å². The van der Waals surface area contributed by atoms with Crippen LogP contribution in [0.2, 0.25) is 0 Å². The Kier molecular flexibility index (Phi) is 6.05. The molecule has 0 radical (unpaired) electrons. The second-order valence-electron chi connectivity index (χ2n) is 8.96. The van der Waals surface area contributed by atoms with Gasteiger partial charge in [-0.25, -0.2) is 4.79 Å². The van der Waals surface area contributed by atoms with Crippen LogP contribution in [0.4, 0.5) is 5.95 Å². The molecule has 0 spiro atoms. The van der Waals surface area contributed by atoms with Gasteiger partial charge >= 0.3 is 5.69 Å². The van der Waals surface area contributed by atoms with E-state index in [4.69, 9.17) is 10.7 Å². The SMILES string of the molecule is CC#CCn1c(N2CCCC(N)C2)nc2c1c(=O)n(Cc1ccc3cccnc3c1C#N)c(=O)n2C. The summed E-state index contributed by atoms with van der Waals surface area (Å²) >= 11 is 0. The molecule has 10 nitrogen and oxygen atoms in total. The van der Waals surface area contributed by atoms with E-state index in [1.165, 1.54) is 4.57 Å². The lowest BCUT2D eigenvalue weighted by Gasteiger charge is -2.31. The van der Waals surface area contributed by atoms with Crippen LogP contribution in [0.3, 0.4) is 0 Å². The molecule has 182 valence electrons. The van der Waals surface area contributed by atoms with Crippen molar-refractivity contribution in [3.05, 3.63) is 62.4 Å². The van der Waals surface area contributed by atoms with Crippen molar-refractivity contribution in [2.75, 3.05) is 18.0 Å². The first-order valence-corrected chi connectivity index (χ1v) is 11.8. The molecular formula is C26H26N8O2. The number of pyridine rings is 1. The molecule has 0 saturated carbocycles. The number of anilines is 1. The first kappa shape index (κ1) is 23.3. The summed E-state index contributed by atoms with van der Waals surface area (Å²) in [5.41, 5.74) is 7.25. The van der Waals surface area contributed by atoms with Crippen LogP contribution in [0.25, 0.3) is 22.1 Å². The Morgan fingerprint density at radius 2 is 2.06 bits per heavy atom. The summed E-state index contributed by atoms with van der Waals surface area (Å²) in [6.07, 6.45) is 3.46. The quantitative estimate of drug-likeness (QED) is 0.435. The van der Waals surface area contributed by atoms with E-state index < -0.39 is 11.2 Å². The van der Waals surface area contributed by atoms with E-state index in [9.17, 15) is 14.9 Å². The number of aromatic nitrogens is 5. The normalized spacial score (nSPS) is 15.6. The Hall–Kier alpha value is -4.41. The average molecular weight is 483 g/mol. The van der Waals surface area contributed by atoms with Gasteiger partial charge in [-0.2, -0.15) is 10.2 Å². The molecular weight excluding hydrogens is 456 g/mol. The maximum atomic E-state index is 13.8. The highest BCUT2D eigenvalue weighted by Crippen LogP contribution is 2.24. The van der Waals surface area contributed by atoms with Crippen molar-refractivity contribution in [3.63, 3.8) is 0 Å². The number of hydrogen-bond acceptors (Lipinski definition) is 7. The molecule has 1 aliphatic rings. The molecule has 2 N–H and O–H groups in total. The van der Waals surface area contributed by atoms with E-state index in [0.29, 0.717) is 40.3 Å². The Bertz CT molecular complexity index is 1710. The number of rotatable bonds is 4. The lowest BCUT2D eigenvalue weighted by molar-refractivity contribution is 0.496. The number of imidazole rings is 1. The van der Waals surface area contributed by atoms with Gasteiger partial charge in [0.1, 0.15) is 6.07 Å². The number of piperidine rings is 1. The van der Waals surface area contributed by atoms with Crippen LogP contribution in [0.1, 0.15) is 30.9 Å². The Morgan fingerprint density at radius 1 is 1.22 bits per heavy atom. The number of aryl methyl sites for hydroxylation is 1. The predicted molar refractivity (Wildman–Crippen MR) is 138 cm³/mol. The zero-order chi connectivity index (χ0) is 25.4. The smallest absolute Gasteiger partial charge is 0.332 e. The second kappa shape index (κ2) is 9.33. The number of benzene rings is 1. The third kappa shape index (κ3) is 3.82. The maximum Gasteiger partial charge on any atom is 0.332 e. The minimum atomic E-state index is -0.509. The van der Waals surface area contributed by atoms with Gasteiger partial charge in [0.2, 0.25) is 5.95 Å². The number of nitriles is 1. The van der Waals surface area contributed by atoms with Crippen LogP contribution in [0.15, 0.2) is 40.1 Å². The monoisotopic (exact) mass is 482 g/mol.